The average Bonchev–Trinajstić information content (AvgIpc) is 3.79. The first-order valence-electron chi connectivity index (χ1n) is 12.9. The van der Waals surface area contributed by atoms with Crippen LogP contribution in [0.15, 0.2) is 54.9 Å². The number of hydrogen-bond donors (Lipinski definition) is 3. The molecule has 0 bridgehead atoms. The third-order valence-corrected chi connectivity index (χ3v) is 6.60. The number of halogens is 3. The van der Waals surface area contributed by atoms with Crippen LogP contribution in [0.5, 0.6) is 0 Å². The smallest absolute Gasteiger partial charge is 0.314 e. The molecule has 206 valence electrons. The number of nitrogens with one attached hydrogen (secondary N) is 3. The lowest BCUT2D eigenvalue weighted by atomic mass is 10.0. The molecule has 2 amide bonds. The average molecular weight is 549 g/mol. The Morgan fingerprint density at radius 2 is 1.73 bits per heavy atom. The summed E-state index contributed by atoms with van der Waals surface area (Å²) in [5.41, 5.74) is 0.355. The predicted octanol–water partition coefficient (Wildman–Crippen LogP) is 3.90. The molecular weight excluding hydrogens is 521 g/mol. The summed E-state index contributed by atoms with van der Waals surface area (Å²) in [6.45, 7) is 2.92. The van der Waals surface area contributed by atoms with Gasteiger partial charge in [-0.2, -0.15) is 13.2 Å². The molecule has 1 aliphatic carbocycles. The van der Waals surface area contributed by atoms with Gasteiger partial charge in [0.2, 0.25) is 5.91 Å². The van der Waals surface area contributed by atoms with E-state index >= 15 is 0 Å². The van der Waals surface area contributed by atoms with Crippen LogP contribution >= 0.6 is 0 Å². The normalized spacial score (nSPS) is 15.6. The highest BCUT2D eigenvalue weighted by atomic mass is 19.4. The fourth-order valence-electron chi connectivity index (χ4n) is 4.25. The molecule has 0 radical (unpaired) electrons. The molecule has 0 spiro atoms. The van der Waals surface area contributed by atoms with Gasteiger partial charge in [-0.3, -0.25) is 14.5 Å². The summed E-state index contributed by atoms with van der Waals surface area (Å²) in [7, 11) is 0. The lowest BCUT2D eigenvalue weighted by Gasteiger charge is -2.28. The maximum atomic E-state index is 13.8. The van der Waals surface area contributed by atoms with Gasteiger partial charge in [0.1, 0.15) is 11.6 Å². The van der Waals surface area contributed by atoms with Crippen molar-refractivity contribution in [3.05, 3.63) is 82.7 Å². The Balaban J connectivity index is 1.25. The number of pyridine rings is 2. The number of rotatable bonds is 6. The van der Waals surface area contributed by atoms with E-state index in [0.29, 0.717) is 30.0 Å². The van der Waals surface area contributed by atoms with Gasteiger partial charge >= 0.3 is 6.18 Å². The molecule has 1 aliphatic heterocycles. The van der Waals surface area contributed by atoms with Gasteiger partial charge in [-0.1, -0.05) is 17.9 Å². The molecule has 3 aromatic rings. The molecule has 2 aromatic heterocycles. The lowest BCUT2D eigenvalue weighted by Crippen LogP contribution is -2.43. The van der Waals surface area contributed by atoms with E-state index in [2.05, 4.69) is 37.8 Å². The quantitative estimate of drug-likeness (QED) is 0.404. The minimum atomic E-state index is -4.59. The van der Waals surface area contributed by atoms with E-state index in [0.717, 1.165) is 32.0 Å². The number of benzene rings is 1. The van der Waals surface area contributed by atoms with E-state index < -0.39 is 17.6 Å². The number of hydrogen-bond acceptors (Lipinski definition) is 6. The van der Waals surface area contributed by atoms with Crippen LogP contribution in [0.3, 0.4) is 0 Å². The molecule has 0 unspecified atom stereocenters. The SMILES string of the molecule is O=C(Nc1cc(C#Cc2ccc(NC(=O)C3CC3)nc2)ccn1)c1ccc(CN2CCNCC2)c(C(F)(F)F)c1. The van der Waals surface area contributed by atoms with Crippen molar-refractivity contribution in [1.29, 1.82) is 0 Å². The molecule has 5 rings (SSSR count). The zero-order valence-electron chi connectivity index (χ0n) is 21.5. The van der Waals surface area contributed by atoms with Crippen molar-refractivity contribution in [2.24, 2.45) is 5.92 Å². The maximum absolute atomic E-state index is 13.8. The Hall–Kier alpha value is -4.27. The van der Waals surface area contributed by atoms with Gasteiger partial charge in [-0.25, -0.2) is 9.97 Å². The van der Waals surface area contributed by atoms with Crippen molar-refractivity contribution in [3.63, 3.8) is 0 Å². The topological polar surface area (TPSA) is 99.2 Å². The van der Waals surface area contributed by atoms with Gasteiger partial charge in [0.25, 0.3) is 5.91 Å². The van der Waals surface area contributed by atoms with Gasteiger partial charge in [0.05, 0.1) is 5.56 Å². The van der Waals surface area contributed by atoms with Crippen LogP contribution in [-0.2, 0) is 17.5 Å². The molecular formula is C29H27F3N6O2. The van der Waals surface area contributed by atoms with Gasteiger partial charge in [-0.05, 0) is 54.8 Å². The van der Waals surface area contributed by atoms with Crippen LogP contribution in [0.2, 0.25) is 0 Å². The van der Waals surface area contributed by atoms with E-state index in [1.165, 1.54) is 24.4 Å². The highest BCUT2D eigenvalue weighted by Gasteiger charge is 2.34. The van der Waals surface area contributed by atoms with E-state index in [1.54, 1.807) is 24.4 Å². The van der Waals surface area contributed by atoms with Crippen molar-refractivity contribution in [2.75, 3.05) is 36.8 Å². The van der Waals surface area contributed by atoms with E-state index in [9.17, 15) is 22.8 Å². The number of piperazine rings is 1. The van der Waals surface area contributed by atoms with Crippen molar-refractivity contribution in [1.82, 2.24) is 20.2 Å². The van der Waals surface area contributed by atoms with Crippen LogP contribution in [0, 0.1) is 17.8 Å². The van der Waals surface area contributed by atoms with Gasteiger partial charge < -0.3 is 16.0 Å². The van der Waals surface area contributed by atoms with E-state index in [4.69, 9.17) is 0 Å². The number of anilines is 2. The van der Waals surface area contributed by atoms with Gasteiger partial charge in [0, 0.05) is 67.7 Å². The summed E-state index contributed by atoms with van der Waals surface area (Å²) < 4.78 is 41.5. The zero-order valence-corrected chi connectivity index (χ0v) is 21.5. The number of carbonyl (C=O) groups is 2. The Morgan fingerprint density at radius 1 is 0.950 bits per heavy atom. The summed E-state index contributed by atoms with van der Waals surface area (Å²) in [6, 6.07) is 10.2. The fourth-order valence-corrected chi connectivity index (χ4v) is 4.25. The molecule has 0 atom stereocenters. The van der Waals surface area contributed by atoms with Crippen LogP contribution in [0.25, 0.3) is 0 Å². The standard InChI is InChI=1S/C29H27F3N6O2/c30-29(31,32)24-16-22(6-7-23(24)18-38-13-11-33-12-14-38)28(40)37-26-15-19(9-10-34-26)1-2-20-3-8-25(35-17-20)36-27(39)21-4-5-21/h3,6-10,15-17,21,33H,4-5,11-14,18H2,(H,34,37,40)(H,35,36,39). The molecule has 1 aromatic carbocycles. The minimum absolute atomic E-state index is 0.0292. The molecule has 3 heterocycles. The maximum Gasteiger partial charge on any atom is 0.416 e. The first kappa shape index (κ1) is 27.3. The van der Waals surface area contributed by atoms with Gasteiger partial charge in [0.15, 0.2) is 0 Å². The molecule has 3 N–H and O–H groups in total. The molecule has 40 heavy (non-hydrogen) atoms. The third-order valence-electron chi connectivity index (χ3n) is 6.60. The highest BCUT2D eigenvalue weighted by molar-refractivity contribution is 6.04. The predicted molar refractivity (Wildman–Crippen MR) is 143 cm³/mol. The minimum Gasteiger partial charge on any atom is -0.314 e. The molecule has 11 heteroatoms. The largest absolute Gasteiger partial charge is 0.416 e. The second kappa shape index (κ2) is 11.9. The van der Waals surface area contributed by atoms with Crippen molar-refractivity contribution < 1.29 is 22.8 Å². The molecule has 1 saturated heterocycles. The van der Waals surface area contributed by atoms with Crippen LogP contribution in [0.4, 0.5) is 24.8 Å². The first-order chi connectivity index (χ1) is 19.2. The Labute approximate surface area is 229 Å². The number of alkyl halides is 3. The van der Waals surface area contributed by atoms with Crippen LogP contribution in [0.1, 0.15) is 45.5 Å². The lowest BCUT2D eigenvalue weighted by molar-refractivity contribution is -0.138. The van der Waals surface area contributed by atoms with Crippen molar-refractivity contribution in [2.45, 2.75) is 25.6 Å². The summed E-state index contributed by atoms with van der Waals surface area (Å²) in [5, 5.41) is 8.50. The monoisotopic (exact) mass is 548 g/mol. The van der Waals surface area contributed by atoms with E-state index in [-0.39, 0.29) is 35.3 Å². The Bertz CT molecular complexity index is 1450. The molecule has 2 aliphatic rings. The summed E-state index contributed by atoms with van der Waals surface area (Å²) in [5.74, 6) is 5.87. The fraction of sp³-hybridized carbons (Fsp3) is 0.310. The molecule has 8 nitrogen and oxygen atoms in total. The Morgan fingerprint density at radius 3 is 2.42 bits per heavy atom. The third kappa shape index (κ3) is 7.22. The number of amides is 2. The Kier molecular flexibility index (Phi) is 8.09. The summed E-state index contributed by atoms with van der Waals surface area (Å²) in [4.78, 5) is 34.9. The number of aromatic nitrogens is 2. The first-order valence-corrected chi connectivity index (χ1v) is 12.9. The molecule has 1 saturated carbocycles. The van der Waals surface area contributed by atoms with Crippen LogP contribution in [-0.4, -0.2) is 52.9 Å². The summed E-state index contributed by atoms with van der Waals surface area (Å²) >= 11 is 0. The second-order valence-electron chi connectivity index (χ2n) is 9.73. The van der Waals surface area contributed by atoms with Crippen LogP contribution < -0.4 is 16.0 Å². The second-order valence-corrected chi connectivity index (χ2v) is 9.73. The number of nitrogens with zero attached hydrogens (tertiary/aromatic N) is 3. The summed E-state index contributed by atoms with van der Waals surface area (Å²) in [6.07, 6.45) is 0.211. The van der Waals surface area contributed by atoms with E-state index in [1.807, 2.05) is 4.90 Å². The molecule has 2 fully saturated rings. The number of carbonyl (C=O) groups excluding carboxylic acids is 2. The van der Waals surface area contributed by atoms with Crippen molar-refractivity contribution in [3.8, 4) is 11.8 Å². The van der Waals surface area contributed by atoms with Crippen molar-refractivity contribution >= 4 is 23.5 Å². The highest BCUT2D eigenvalue weighted by Crippen LogP contribution is 2.34. The zero-order chi connectivity index (χ0) is 28.1. The van der Waals surface area contributed by atoms with Gasteiger partial charge in [-0.15, -0.1) is 0 Å².